The maximum atomic E-state index is 14.2. The van der Waals surface area contributed by atoms with Crippen molar-refractivity contribution in [1.82, 2.24) is 4.57 Å². The number of aromatic nitrogens is 1. The zero-order valence-corrected chi connectivity index (χ0v) is 26.9. The highest BCUT2D eigenvalue weighted by molar-refractivity contribution is 7.07. The number of carbonyl (C=O) groups is 1. The molecule has 1 amide bonds. The number of rotatable bonds is 9. The van der Waals surface area contributed by atoms with E-state index in [4.69, 9.17) is 30.8 Å². The van der Waals surface area contributed by atoms with Gasteiger partial charge in [-0.1, -0.05) is 83.6 Å². The summed E-state index contributed by atoms with van der Waals surface area (Å²) in [5, 5.41) is 3.31. The second-order valence-electron chi connectivity index (χ2n) is 10.5. The maximum Gasteiger partial charge on any atom is 0.271 e. The Balaban J connectivity index is 1.42. The van der Waals surface area contributed by atoms with E-state index in [9.17, 15) is 9.59 Å². The number of methoxy groups -OCH3 is 2. The molecule has 0 radical (unpaired) electrons. The molecule has 1 atom stereocenters. The number of hydrogen-bond acceptors (Lipinski definition) is 7. The number of nitrogens with one attached hydrogen (secondary N) is 1. The molecule has 10 heteroatoms. The van der Waals surface area contributed by atoms with Crippen LogP contribution in [0.2, 0.25) is 5.02 Å². The molecule has 8 nitrogen and oxygen atoms in total. The number of hydrogen-bond donors (Lipinski definition) is 1. The van der Waals surface area contributed by atoms with Crippen LogP contribution in [0.25, 0.3) is 6.08 Å². The zero-order valence-electron chi connectivity index (χ0n) is 25.3. The topological polar surface area (TPSA) is 91.2 Å². The Morgan fingerprint density at radius 2 is 1.72 bits per heavy atom. The lowest BCUT2D eigenvalue weighted by atomic mass is 9.95. The van der Waals surface area contributed by atoms with Gasteiger partial charge < -0.3 is 19.5 Å². The fourth-order valence-electron chi connectivity index (χ4n) is 5.30. The number of carbonyl (C=O) groups excluding carboxylic acids is 1. The summed E-state index contributed by atoms with van der Waals surface area (Å²) in [6.07, 6.45) is 1.74. The molecular weight excluding hydrogens is 622 g/mol. The summed E-state index contributed by atoms with van der Waals surface area (Å²) in [5.41, 5.74) is 3.56. The Hall–Kier alpha value is -5.12. The second-order valence-corrected chi connectivity index (χ2v) is 11.9. The average Bonchev–Trinajstić information content (AvgIpc) is 3.37. The molecule has 1 aromatic heterocycles. The minimum Gasteiger partial charge on any atom is -0.497 e. The van der Waals surface area contributed by atoms with E-state index in [1.807, 2.05) is 72.8 Å². The van der Waals surface area contributed by atoms with E-state index in [1.165, 1.54) is 18.4 Å². The summed E-state index contributed by atoms with van der Waals surface area (Å²) in [4.78, 5) is 33.2. The van der Waals surface area contributed by atoms with Crippen LogP contribution in [-0.4, -0.2) is 24.7 Å². The Bertz CT molecular complexity index is 2120. The number of para-hydroxylation sites is 1. The van der Waals surface area contributed by atoms with Gasteiger partial charge in [0.15, 0.2) is 16.3 Å². The van der Waals surface area contributed by atoms with Gasteiger partial charge in [0.1, 0.15) is 12.4 Å². The lowest BCUT2D eigenvalue weighted by molar-refractivity contribution is -0.113. The first-order valence-corrected chi connectivity index (χ1v) is 15.6. The van der Waals surface area contributed by atoms with Crippen molar-refractivity contribution in [2.45, 2.75) is 19.6 Å². The monoisotopic (exact) mass is 651 g/mol. The number of fused-ring (bicyclic) bond motifs is 1. The minimum atomic E-state index is -0.746. The van der Waals surface area contributed by atoms with Gasteiger partial charge in [-0.2, -0.15) is 0 Å². The van der Waals surface area contributed by atoms with Gasteiger partial charge in [0.25, 0.3) is 11.5 Å². The summed E-state index contributed by atoms with van der Waals surface area (Å²) >= 11 is 7.91. The van der Waals surface area contributed by atoms with E-state index in [0.29, 0.717) is 66.3 Å². The maximum absolute atomic E-state index is 14.2. The highest BCUT2D eigenvalue weighted by Gasteiger charge is 2.33. The van der Waals surface area contributed by atoms with Gasteiger partial charge in [0.05, 0.1) is 41.1 Å². The summed E-state index contributed by atoms with van der Waals surface area (Å²) in [6, 6.07) is 29.0. The molecule has 1 aliphatic heterocycles. The van der Waals surface area contributed by atoms with E-state index in [0.717, 1.165) is 5.56 Å². The van der Waals surface area contributed by atoms with Crippen molar-refractivity contribution in [2.24, 2.45) is 4.99 Å². The number of nitrogens with zero attached hydrogens (tertiary/aromatic N) is 2. The molecule has 46 heavy (non-hydrogen) atoms. The molecule has 0 bridgehead atoms. The molecule has 0 fully saturated rings. The summed E-state index contributed by atoms with van der Waals surface area (Å²) < 4.78 is 19.1. The number of amides is 1. The van der Waals surface area contributed by atoms with Gasteiger partial charge in [-0.3, -0.25) is 14.2 Å². The van der Waals surface area contributed by atoms with Gasteiger partial charge in [0.2, 0.25) is 0 Å². The molecule has 0 spiro atoms. The van der Waals surface area contributed by atoms with Crippen molar-refractivity contribution >= 4 is 40.6 Å². The normalized spacial score (nSPS) is 14.3. The van der Waals surface area contributed by atoms with E-state index in [1.54, 1.807) is 48.9 Å². The molecule has 0 saturated heterocycles. The first-order valence-electron chi connectivity index (χ1n) is 14.4. The van der Waals surface area contributed by atoms with E-state index in [-0.39, 0.29) is 11.5 Å². The molecule has 2 heterocycles. The van der Waals surface area contributed by atoms with Crippen LogP contribution in [0.5, 0.6) is 17.2 Å². The SMILES string of the molecule is COc1cccc([C@H]2C(C(=O)Nc3ccccc3)=C(C)N=c3s/c(=C\c4cc(Cl)c(OCc5ccccc5)c(OC)c4)c(=O)n32)c1. The zero-order chi connectivity index (χ0) is 32.2. The molecule has 232 valence electrons. The van der Waals surface area contributed by atoms with Crippen LogP contribution in [0.3, 0.4) is 0 Å². The highest BCUT2D eigenvalue weighted by Crippen LogP contribution is 2.37. The highest BCUT2D eigenvalue weighted by atomic mass is 35.5. The predicted octanol–water partition coefficient (Wildman–Crippen LogP) is 6.12. The number of anilines is 1. The van der Waals surface area contributed by atoms with Crippen LogP contribution in [-0.2, 0) is 11.4 Å². The number of ether oxygens (including phenoxy) is 3. The van der Waals surface area contributed by atoms with Crippen LogP contribution in [0, 0.1) is 0 Å². The van der Waals surface area contributed by atoms with E-state index >= 15 is 0 Å². The average molecular weight is 652 g/mol. The number of benzene rings is 4. The number of halogens is 1. The van der Waals surface area contributed by atoms with Gasteiger partial charge in [-0.05, 0) is 66.1 Å². The summed E-state index contributed by atoms with van der Waals surface area (Å²) in [7, 11) is 3.11. The molecular formula is C36H30ClN3O5S. The first-order chi connectivity index (χ1) is 22.4. The fraction of sp³-hybridized carbons (Fsp3) is 0.139. The van der Waals surface area contributed by atoms with Crippen molar-refractivity contribution in [3.63, 3.8) is 0 Å². The van der Waals surface area contributed by atoms with Gasteiger partial charge in [0, 0.05) is 5.69 Å². The molecule has 6 rings (SSSR count). The summed E-state index contributed by atoms with van der Waals surface area (Å²) in [5.74, 6) is 1.10. The van der Waals surface area contributed by atoms with Crippen molar-refractivity contribution in [3.05, 3.63) is 150 Å². The second kappa shape index (κ2) is 13.5. The van der Waals surface area contributed by atoms with Gasteiger partial charge >= 0.3 is 0 Å². The Kier molecular flexibility index (Phi) is 9.05. The van der Waals surface area contributed by atoms with Crippen molar-refractivity contribution in [1.29, 1.82) is 0 Å². The van der Waals surface area contributed by atoms with Crippen LogP contribution < -0.4 is 34.4 Å². The molecule has 1 aliphatic rings. The van der Waals surface area contributed by atoms with Gasteiger partial charge in [-0.15, -0.1) is 0 Å². The smallest absolute Gasteiger partial charge is 0.271 e. The van der Waals surface area contributed by atoms with E-state index < -0.39 is 6.04 Å². The molecule has 1 N–H and O–H groups in total. The third-order valence-electron chi connectivity index (χ3n) is 7.48. The van der Waals surface area contributed by atoms with Crippen LogP contribution in [0.1, 0.15) is 29.7 Å². The van der Waals surface area contributed by atoms with Gasteiger partial charge in [-0.25, -0.2) is 4.99 Å². The third-order valence-corrected chi connectivity index (χ3v) is 8.75. The fourth-order valence-corrected chi connectivity index (χ4v) is 6.62. The molecule has 4 aromatic carbocycles. The largest absolute Gasteiger partial charge is 0.497 e. The molecule has 0 unspecified atom stereocenters. The molecule has 5 aromatic rings. The number of thiazole rings is 1. The van der Waals surface area contributed by atoms with Crippen LogP contribution >= 0.6 is 22.9 Å². The predicted molar refractivity (Wildman–Crippen MR) is 181 cm³/mol. The standard InChI is InChI=1S/C36H30ClN3O5S/c1-22-31(34(41)39-26-14-8-5-9-15-26)32(25-13-10-16-27(20-25)43-2)40-35(42)30(46-36(40)38-22)19-24-17-28(37)33(29(18-24)44-3)45-21-23-11-6-4-7-12-23/h4-20,32H,21H2,1-3H3,(H,39,41)/b30-19-/t32-/m0/s1. The molecule has 0 saturated carbocycles. The minimum absolute atomic E-state index is 0.298. The van der Waals surface area contributed by atoms with Crippen molar-refractivity contribution in [3.8, 4) is 17.2 Å². The first kappa shape index (κ1) is 30.9. The third kappa shape index (κ3) is 6.33. The van der Waals surface area contributed by atoms with E-state index in [2.05, 4.69) is 5.32 Å². The molecule has 0 aliphatic carbocycles. The van der Waals surface area contributed by atoms with Crippen molar-refractivity contribution in [2.75, 3.05) is 19.5 Å². The summed E-state index contributed by atoms with van der Waals surface area (Å²) in [6.45, 7) is 2.10. The number of allylic oxidation sites excluding steroid dienone is 1. The Labute approximate surface area is 274 Å². The van der Waals surface area contributed by atoms with Crippen LogP contribution in [0.15, 0.2) is 118 Å². The Morgan fingerprint density at radius 1 is 0.978 bits per heavy atom. The van der Waals surface area contributed by atoms with Crippen LogP contribution in [0.4, 0.5) is 5.69 Å². The van der Waals surface area contributed by atoms with Crippen molar-refractivity contribution < 1.29 is 19.0 Å². The lowest BCUT2D eigenvalue weighted by Gasteiger charge is -2.25. The lowest BCUT2D eigenvalue weighted by Crippen LogP contribution is -2.40. The quantitative estimate of drug-likeness (QED) is 0.207. The Morgan fingerprint density at radius 3 is 2.43 bits per heavy atom.